The molecule has 1 fully saturated rings. The molecular formula is C17H20N2O4. The van der Waals surface area contributed by atoms with E-state index in [-0.39, 0.29) is 12.2 Å². The molecule has 1 aromatic heterocycles. The highest BCUT2D eigenvalue weighted by Gasteiger charge is 2.18. The van der Waals surface area contributed by atoms with Crippen LogP contribution in [0, 0.1) is 6.92 Å². The summed E-state index contributed by atoms with van der Waals surface area (Å²) < 4.78 is 10.6. The zero-order chi connectivity index (χ0) is 16.2. The molecule has 0 aliphatic carbocycles. The molecule has 0 bridgehead atoms. The van der Waals surface area contributed by atoms with Gasteiger partial charge in [-0.2, -0.15) is 0 Å². The minimum Gasteiger partial charge on any atom is -0.497 e. The third-order valence-electron chi connectivity index (χ3n) is 3.88. The maximum atomic E-state index is 12.3. The Morgan fingerprint density at radius 2 is 2.22 bits per heavy atom. The van der Waals surface area contributed by atoms with E-state index in [1.54, 1.807) is 20.1 Å². The van der Waals surface area contributed by atoms with Crippen molar-refractivity contribution in [2.45, 2.75) is 32.5 Å². The summed E-state index contributed by atoms with van der Waals surface area (Å²) in [5.74, 6) is 0.418. The van der Waals surface area contributed by atoms with E-state index in [1.165, 1.54) is 0 Å². The number of nitrogens with one attached hydrogen (secondary N) is 1. The molecule has 3 rings (SSSR count). The Kier molecular flexibility index (Phi) is 4.73. The first-order valence-corrected chi connectivity index (χ1v) is 7.70. The lowest BCUT2D eigenvalue weighted by molar-refractivity contribution is -0.186. The molecule has 122 valence electrons. The van der Waals surface area contributed by atoms with Crippen molar-refractivity contribution < 1.29 is 19.1 Å². The first-order valence-electron chi connectivity index (χ1n) is 7.70. The van der Waals surface area contributed by atoms with E-state index in [0.29, 0.717) is 17.9 Å². The van der Waals surface area contributed by atoms with Crippen LogP contribution in [0.4, 0.5) is 0 Å². The Hall–Kier alpha value is -2.18. The molecule has 1 aromatic carbocycles. The molecule has 6 heteroatoms. The highest BCUT2D eigenvalue weighted by Crippen LogP contribution is 2.22. The normalized spacial score (nSPS) is 17.9. The lowest BCUT2D eigenvalue weighted by Gasteiger charge is -2.22. The van der Waals surface area contributed by atoms with Gasteiger partial charge in [-0.15, -0.1) is 0 Å². The standard InChI is InChI=1S/C17H20N2O4/c1-11-14(17(20)19-23-16-5-3-4-8-22-16)9-12-6-7-13(21-2)10-15(12)18-11/h6-7,9-10,16H,3-5,8H2,1-2H3,(H,19,20). The molecule has 0 saturated carbocycles. The van der Waals surface area contributed by atoms with Crippen LogP contribution in [0.5, 0.6) is 5.75 Å². The second kappa shape index (κ2) is 6.93. The third kappa shape index (κ3) is 3.60. The Bertz CT molecular complexity index is 711. The molecule has 1 aliphatic rings. The number of carbonyl (C=O) groups is 1. The number of methoxy groups -OCH3 is 1. The summed E-state index contributed by atoms with van der Waals surface area (Å²) in [5, 5.41) is 0.871. The largest absolute Gasteiger partial charge is 0.497 e. The average molecular weight is 316 g/mol. The summed E-state index contributed by atoms with van der Waals surface area (Å²) in [6.45, 7) is 2.46. The molecule has 2 heterocycles. The highest BCUT2D eigenvalue weighted by molar-refractivity contribution is 5.98. The van der Waals surface area contributed by atoms with Gasteiger partial charge in [0.15, 0.2) is 6.29 Å². The van der Waals surface area contributed by atoms with Gasteiger partial charge >= 0.3 is 0 Å². The summed E-state index contributed by atoms with van der Waals surface area (Å²) in [5.41, 5.74) is 4.38. The van der Waals surface area contributed by atoms with Gasteiger partial charge in [-0.3, -0.25) is 9.78 Å². The van der Waals surface area contributed by atoms with Crippen LogP contribution in [0.2, 0.25) is 0 Å². The van der Waals surface area contributed by atoms with E-state index in [1.807, 2.05) is 18.2 Å². The van der Waals surface area contributed by atoms with Crippen molar-refractivity contribution in [2.75, 3.05) is 13.7 Å². The van der Waals surface area contributed by atoms with Crippen LogP contribution in [0.1, 0.15) is 35.3 Å². The zero-order valence-corrected chi connectivity index (χ0v) is 13.3. The number of rotatable bonds is 4. The Labute approximate surface area is 134 Å². The van der Waals surface area contributed by atoms with Crippen molar-refractivity contribution in [3.8, 4) is 5.75 Å². The Balaban J connectivity index is 1.75. The fraction of sp³-hybridized carbons (Fsp3) is 0.412. The monoisotopic (exact) mass is 316 g/mol. The number of hydroxylamine groups is 1. The number of aryl methyl sites for hydroxylation is 1. The molecule has 23 heavy (non-hydrogen) atoms. The molecular weight excluding hydrogens is 296 g/mol. The van der Waals surface area contributed by atoms with Crippen molar-refractivity contribution >= 4 is 16.8 Å². The topological polar surface area (TPSA) is 69.7 Å². The Morgan fingerprint density at radius 1 is 1.35 bits per heavy atom. The second-order valence-corrected chi connectivity index (χ2v) is 5.53. The van der Waals surface area contributed by atoms with Gasteiger partial charge in [0.2, 0.25) is 0 Å². The van der Waals surface area contributed by atoms with E-state index >= 15 is 0 Å². The van der Waals surface area contributed by atoms with Gasteiger partial charge in [0, 0.05) is 24.5 Å². The van der Waals surface area contributed by atoms with Gasteiger partial charge < -0.3 is 9.47 Å². The maximum Gasteiger partial charge on any atom is 0.276 e. The molecule has 6 nitrogen and oxygen atoms in total. The fourth-order valence-electron chi connectivity index (χ4n) is 2.58. The minimum absolute atomic E-state index is 0.318. The third-order valence-corrected chi connectivity index (χ3v) is 3.88. The predicted octanol–water partition coefficient (Wildman–Crippen LogP) is 2.74. The molecule has 1 amide bonds. The van der Waals surface area contributed by atoms with E-state index in [4.69, 9.17) is 14.3 Å². The van der Waals surface area contributed by atoms with Crippen molar-refractivity contribution in [1.82, 2.24) is 10.5 Å². The number of nitrogens with zero attached hydrogens (tertiary/aromatic N) is 1. The number of ether oxygens (including phenoxy) is 2. The average Bonchev–Trinajstić information content (AvgIpc) is 2.59. The van der Waals surface area contributed by atoms with E-state index in [2.05, 4.69) is 10.5 Å². The number of carbonyl (C=O) groups excluding carboxylic acids is 1. The summed E-state index contributed by atoms with van der Waals surface area (Å²) in [6.07, 6.45) is 2.49. The summed E-state index contributed by atoms with van der Waals surface area (Å²) in [6, 6.07) is 7.36. The zero-order valence-electron chi connectivity index (χ0n) is 13.3. The van der Waals surface area contributed by atoms with E-state index < -0.39 is 0 Å². The van der Waals surface area contributed by atoms with E-state index in [9.17, 15) is 4.79 Å². The predicted molar refractivity (Wildman–Crippen MR) is 85.2 cm³/mol. The molecule has 1 atom stereocenters. The molecule has 2 aromatic rings. The van der Waals surface area contributed by atoms with Gasteiger partial charge in [0.05, 0.1) is 23.9 Å². The number of amides is 1. The second-order valence-electron chi connectivity index (χ2n) is 5.53. The molecule has 1 unspecified atom stereocenters. The van der Waals surface area contributed by atoms with Crippen molar-refractivity contribution in [1.29, 1.82) is 0 Å². The number of hydrogen-bond acceptors (Lipinski definition) is 5. The smallest absolute Gasteiger partial charge is 0.276 e. The maximum absolute atomic E-state index is 12.3. The molecule has 0 radical (unpaired) electrons. The van der Waals surface area contributed by atoms with Crippen LogP contribution < -0.4 is 10.2 Å². The van der Waals surface area contributed by atoms with Gasteiger partial charge in [-0.25, -0.2) is 10.3 Å². The van der Waals surface area contributed by atoms with Crippen LogP contribution >= 0.6 is 0 Å². The van der Waals surface area contributed by atoms with Gasteiger partial charge in [0.25, 0.3) is 5.91 Å². The molecule has 1 aliphatic heterocycles. The van der Waals surface area contributed by atoms with Crippen LogP contribution in [0.25, 0.3) is 10.9 Å². The van der Waals surface area contributed by atoms with Gasteiger partial charge in [-0.1, -0.05) is 0 Å². The fourth-order valence-corrected chi connectivity index (χ4v) is 2.58. The highest BCUT2D eigenvalue weighted by atomic mass is 16.8. The number of fused-ring (bicyclic) bond motifs is 1. The Morgan fingerprint density at radius 3 is 2.96 bits per heavy atom. The molecule has 1 N–H and O–H groups in total. The van der Waals surface area contributed by atoms with Crippen molar-refractivity contribution in [3.63, 3.8) is 0 Å². The summed E-state index contributed by atoms with van der Waals surface area (Å²) >= 11 is 0. The first kappa shape index (κ1) is 15.7. The number of aromatic nitrogens is 1. The SMILES string of the molecule is COc1ccc2cc(C(=O)NOC3CCCCO3)c(C)nc2c1. The lowest BCUT2D eigenvalue weighted by atomic mass is 10.1. The minimum atomic E-state index is -0.370. The van der Waals surface area contributed by atoms with E-state index in [0.717, 1.165) is 35.9 Å². The van der Waals surface area contributed by atoms with Gasteiger partial charge in [-0.05, 0) is 38.0 Å². The van der Waals surface area contributed by atoms with Crippen LogP contribution in [-0.4, -0.2) is 30.9 Å². The van der Waals surface area contributed by atoms with Gasteiger partial charge in [0.1, 0.15) is 5.75 Å². The van der Waals surface area contributed by atoms with Crippen LogP contribution in [0.15, 0.2) is 24.3 Å². The summed E-state index contributed by atoms with van der Waals surface area (Å²) in [7, 11) is 1.61. The van der Waals surface area contributed by atoms with Crippen molar-refractivity contribution in [2.24, 2.45) is 0 Å². The number of pyridine rings is 1. The lowest BCUT2D eigenvalue weighted by Crippen LogP contribution is -2.33. The quantitative estimate of drug-likeness (QED) is 0.878. The summed E-state index contributed by atoms with van der Waals surface area (Å²) in [4.78, 5) is 22.1. The molecule has 1 saturated heterocycles. The van der Waals surface area contributed by atoms with Crippen LogP contribution in [0.3, 0.4) is 0 Å². The van der Waals surface area contributed by atoms with Crippen molar-refractivity contribution in [3.05, 3.63) is 35.5 Å². The number of hydrogen-bond donors (Lipinski definition) is 1. The number of benzene rings is 1. The first-order chi connectivity index (χ1) is 11.2. The van der Waals surface area contributed by atoms with Crippen LogP contribution in [-0.2, 0) is 9.57 Å². The molecule has 0 spiro atoms.